The van der Waals surface area contributed by atoms with Crippen LogP contribution in [0, 0.1) is 17.7 Å². The van der Waals surface area contributed by atoms with Crippen LogP contribution in [0.1, 0.15) is 31.7 Å². The van der Waals surface area contributed by atoms with Gasteiger partial charge in [0, 0.05) is 24.6 Å². The van der Waals surface area contributed by atoms with Crippen LogP contribution in [0.15, 0.2) is 18.2 Å². The molecule has 0 aromatic heterocycles. The van der Waals surface area contributed by atoms with Crippen LogP contribution in [0.25, 0.3) is 0 Å². The van der Waals surface area contributed by atoms with Gasteiger partial charge in [-0.25, -0.2) is 4.39 Å². The summed E-state index contributed by atoms with van der Waals surface area (Å²) in [6.07, 6.45) is 3.06. The fourth-order valence-electron chi connectivity index (χ4n) is 1.73. The first-order valence-electron chi connectivity index (χ1n) is 6.34. The van der Waals surface area contributed by atoms with Crippen LogP contribution in [-0.4, -0.2) is 12.6 Å². The van der Waals surface area contributed by atoms with Gasteiger partial charge >= 0.3 is 0 Å². The van der Waals surface area contributed by atoms with Crippen LogP contribution in [-0.2, 0) is 6.54 Å². The minimum absolute atomic E-state index is 0.297. The summed E-state index contributed by atoms with van der Waals surface area (Å²) < 4.78 is 19.2. The molecule has 3 heteroatoms. The maximum Gasteiger partial charge on any atom is 0.165 e. The molecule has 1 aliphatic carbocycles. The van der Waals surface area contributed by atoms with Gasteiger partial charge < -0.3 is 10.1 Å². The van der Waals surface area contributed by atoms with Crippen LogP contribution in [0.4, 0.5) is 4.39 Å². The Bertz CT molecular complexity index is 457. The second-order valence-electron chi connectivity index (χ2n) is 4.41. The van der Waals surface area contributed by atoms with Crippen molar-refractivity contribution in [3.8, 4) is 17.6 Å². The van der Waals surface area contributed by atoms with Gasteiger partial charge in [0.05, 0.1) is 6.61 Å². The normalized spacial score (nSPS) is 13.9. The van der Waals surface area contributed by atoms with Crippen molar-refractivity contribution in [1.29, 1.82) is 0 Å². The molecule has 96 valence electrons. The molecule has 0 atom stereocenters. The van der Waals surface area contributed by atoms with Crippen molar-refractivity contribution in [3.63, 3.8) is 0 Å². The van der Waals surface area contributed by atoms with E-state index >= 15 is 0 Å². The van der Waals surface area contributed by atoms with Crippen molar-refractivity contribution in [1.82, 2.24) is 5.32 Å². The second kappa shape index (κ2) is 6.42. The van der Waals surface area contributed by atoms with E-state index in [0.717, 1.165) is 5.56 Å². The van der Waals surface area contributed by atoms with E-state index in [1.807, 2.05) is 6.07 Å². The van der Waals surface area contributed by atoms with E-state index < -0.39 is 0 Å². The lowest BCUT2D eigenvalue weighted by atomic mass is 10.2. The molecule has 1 saturated carbocycles. The number of nitrogens with one attached hydrogen (secondary N) is 1. The largest absolute Gasteiger partial charge is 0.489 e. The Kier molecular flexibility index (Phi) is 4.60. The highest BCUT2D eigenvalue weighted by atomic mass is 19.1. The van der Waals surface area contributed by atoms with E-state index in [1.54, 1.807) is 13.0 Å². The van der Waals surface area contributed by atoms with Crippen LogP contribution in [0.5, 0.6) is 5.75 Å². The average molecular weight is 247 g/mol. The summed E-state index contributed by atoms with van der Waals surface area (Å²) in [6, 6.07) is 5.66. The van der Waals surface area contributed by atoms with E-state index in [0.29, 0.717) is 31.4 Å². The van der Waals surface area contributed by atoms with Gasteiger partial charge in [0.15, 0.2) is 11.6 Å². The van der Waals surface area contributed by atoms with Crippen LogP contribution in [0.2, 0.25) is 0 Å². The van der Waals surface area contributed by atoms with E-state index in [1.165, 1.54) is 18.9 Å². The van der Waals surface area contributed by atoms with Crippen LogP contribution >= 0.6 is 0 Å². The zero-order chi connectivity index (χ0) is 12.8. The molecule has 0 spiro atoms. The molecule has 1 aliphatic rings. The predicted molar refractivity (Wildman–Crippen MR) is 69.8 cm³/mol. The molecule has 0 aliphatic heterocycles. The fourth-order valence-corrected chi connectivity index (χ4v) is 1.73. The summed E-state index contributed by atoms with van der Waals surface area (Å²) in [4.78, 5) is 0. The molecule has 0 radical (unpaired) electrons. The number of benzene rings is 1. The first kappa shape index (κ1) is 12.9. The van der Waals surface area contributed by atoms with Crippen molar-refractivity contribution in [2.75, 3.05) is 6.61 Å². The molecule has 1 N–H and O–H groups in total. The predicted octanol–water partition coefficient (Wildman–Crippen LogP) is 2.87. The van der Waals surface area contributed by atoms with E-state index in [9.17, 15) is 4.39 Å². The number of hydrogen-bond acceptors (Lipinski definition) is 2. The van der Waals surface area contributed by atoms with Crippen molar-refractivity contribution < 1.29 is 9.13 Å². The highest BCUT2D eigenvalue weighted by molar-refractivity contribution is 5.35. The van der Waals surface area contributed by atoms with Crippen molar-refractivity contribution in [2.45, 2.75) is 38.8 Å². The fraction of sp³-hybridized carbons (Fsp3) is 0.467. The minimum atomic E-state index is -0.297. The SMILES string of the molecule is CC#CCCOc1c(F)cccc1CNC1CC1. The van der Waals surface area contributed by atoms with Gasteiger partial charge in [-0.3, -0.25) is 0 Å². The summed E-state index contributed by atoms with van der Waals surface area (Å²) in [7, 11) is 0. The molecular weight excluding hydrogens is 229 g/mol. The summed E-state index contributed by atoms with van der Waals surface area (Å²) >= 11 is 0. The van der Waals surface area contributed by atoms with Gasteiger partial charge in [-0.1, -0.05) is 12.1 Å². The maximum absolute atomic E-state index is 13.7. The van der Waals surface area contributed by atoms with Crippen molar-refractivity contribution >= 4 is 0 Å². The van der Waals surface area contributed by atoms with Crippen molar-refractivity contribution in [3.05, 3.63) is 29.6 Å². The number of halogens is 1. The zero-order valence-corrected chi connectivity index (χ0v) is 10.6. The summed E-state index contributed by atoms with van der Waals surface area (Å²) in [6.45, 7) is 2.88. The molecule has 2 nitrogen and oxygen atoms in total. The maximum atomic E-state index is 13.7. The second-order valence-corrected chi connectivity index (χ2v) is 4.41. The molecule has 0 bridgehead atoms. The Morgan fingerprint density at radius 1 is 1.44 bits per heavy atom. The first-order chi connectivity index (χ1) is 8.81. The lowest BCUT2D eigenvalue weighted by Crippen LogP contribution is -2.16. The van der Waals surface area contributed by atoms with Gasteiger partial charge in [0.2, 0.25) is 0 Å². The topological polar surface area (TPSA) is 21.3 Å². The Morgan fingerprint density at radius 3 is 3.00 bits per heavy atom. The lowest BCUT2D eigenvalue weighted by Gasteiger charge is -2.12. The lowest BCUT2D eigenvalue weighted by molar-refractivity contribution is 0.305. The minimum Gasteiger partial charge on any atom is -0.489 e. The summed E-state index contributed by atoms with van der Waals surface area (Å²) in [5.74, 6) is 5.77. The Balaban J connectivity index is 1.96. The molecule has 18 heavy (non-hydrogen) atoms. The monoisotopic (exact) mass is 247 g/mol. The summed E-state index contributed by atoms with van der Waals surface area (Å²) in [5.41, 5.74) is 0.881. The molecule has 2 rings (SSSR count). The zero-order valence-electron chi connectivity index (χ0n) is 10.6. The molecule has 1 aromatic carbocycles. The van der Waals surface area contributed by atoms with Crippen LogP contribution in [0.3, 0.4) is 0 Å². The molecule has 0 saturated heterocycles. The highest BCUT2D eigenvalue weighted by Crippen LogP contribution is 2.25. The Morgan fingerprint density at radius 2 is 2.28 bits per heavy atom. The average Bonchev–Trinajstić information content (AvgIpc) is 3.18. The molecule has 1 fully saturated rings. The molecule has 0 unspecified atom stereocenters. The molecule has 0 amide bonds. The van der Waals surface area contributed by atoms with Gasteiger partial charge in [-0.05, 0) is 25.8 Å². The first-order valence-corrected chi connectivity index (χ1v) is 6.34. The van der Waals surface area contributed by atoms with E-state index in [4.69, 9.17) is 4.74 Å². The van der Waals surface area contributed by atoms with Crippen molar-refractivity contribution in [2.24, 2.45) is 0 Å². The third-order valence-corrected chi connectivity index (χ3v) is 2.86. The third-order valence-electron chi connectivity index (χ3n) is 2.86. The molecule has 0 heterocycles. The van der Waals surface area contributed by atoms with Gasteiger partial charge in [-0.15, -0.1) is 11.8 Å². The smallest absolute Gasteiger partial charge is 0.165 e. The Labute approximate surface area is 108 Å². The summed E-state index contributed by atoms with van der Waals surface area (Å²) in [5, 5.41) is 3.37. The number of rotatable bonds is 6. The van der Waals surface area contributed by atoms with E-state index in [-0.39, 0.29) is 5.82 Å². The van der Waals surface area contributed by atoms with Gasteiger partial charge in [-0.2, -0.15) is 0 Å². The third kappa shape index (κ3) is 3.75. The molecule has 1 aromatic rings. The molecular formula is C15H18FNO. The number of para-hydroxylation sites is 1. The number of hydrogen-bond donors (Lipinski definition) is 1. The number of ether oxygens (including phenoxy) is 1. The highest BCUT2D eigenvalue weighted by Gasteiger charge is 2.21. The standard InChI is InChI=1S/C15H18FNO/c1-2-3-4-10-18-15-12(6-5-7-14(15)16)11-17-13-8-9-13/h5-7,13,17H,4,8-11H2,1H3. The van der Waals surface area contributed by atoms with Crippen LogP contribution < -0.4 is 10.1 Å². The Hall–Kier alpha value is -1.53. The van der Waals surface area contributed by atoms with Gasteiger partial charge in [0.1, 0.15) is 0 Å². The van der Waals surface area contributed by atoms with E-state index in [2.05, 4.69) is 17.2 Å². The quantitative estimate of drug-likeness (QED) is 0.616. The van der Waals surface area contributed by atoms with Gasteiger partial charge in [0.25, 0.3) is 0 Å².